The van der Waals surface area contributed by atoms with E-state index in [0.29, 0.717) is 0 Å². The summed E-state index contributed by atoms with van der Waals surface area (Å²) in [6.45, 7) is 4.67. The monoisotopic (exact) mass is 176 g/mol. The summed E-state index contributed by atoms with van der Waals surface area (Å²) in [6, 6.07) is 8.15. The first-order valence-electron chi connectivity index (χ1n) is 4.86. The molecule has 2 rings (SSSR count). The van der Waals surface area contributed by atoms with Gasteiger partial charge in [-0.2, -0.15) is 0 Å². The fourth-order valence-electron chi connectivity index (χ4n) is 1.85. The predicted molar refractivity (Wildman–Crippen MR) is 56.8 cm³/mol. The van der Waals surface area contributed by atoms with Crippen LogP contribution in [0.25, 0.3) is 0 Å². The summed E-state index contributed by atoms with van der Waals surface area (Å²) in [6.07, 6.45) is 1.31. The molecule has 2 N–H and O–H groups in total. The van der Waals surface area contributed by atoms with Crippen LogP contribution in [0.4, 0.5) is 11.4 Å². The molecule has 1 aliphatic rings. The zero-order valence-corrected chi connectivity index (χ0v) is 8.03. The fraction of sp³-hybridized carbons (Fsp3) is 0.455. The number of hydrogen-bond donors (Lipinski definition) is 1. The van der Waals surface area contributed by atoms with Crippen LogP contribution in [0.2, 0.25) is 0 Å². The molecule has 0 saturated carbocycles. The van der Waals surface area contributed by atoms with Crippen molar-refractivity contribution in [3.05, 3.63) is 24.3 Å². The summed E-state index contributed by atoms with van der Waals surface area (Å²) in [5.41, 5.74) is 7.78. The van der Waals surface area contributed by atoms with E-state index >= 15 is 0 Å². The second-order valence-corrected chi connectivity index (χ2v) is 3.93. The lowest BCUT2D eigenvalue weighted by atomic mass is 10.2. The highest BCUT2D eigenvalue weighted by Gasteiger charge is 2.18. The van der Waals surface area contributed by atoms with Crippen molar-refractivity contribution < 1.29 is 0 Å². The highest BCUT2D eigenvalue weighted by Crippen LogP contribution is 2.23. The molecule has 1 heterocycles. The molecule has 70 valence electrons. The number of rotatable bonds is 1. The van der Waals surface area contributed by atoms with Crippen LogP contribution in [0.3, 0.4) is 0 Å². The van der Waals surface area contributed by atoms with Crippen LogP contribution < -0.4 is 10.6 Å². The Morgan fingerprint density at radius 2 is 2.00 bits per heavy atom. The molecule has 13 heavy (non-hydrogen) atoms. The van der Waals surface area contributed by atoms with Gasteiger partial charge in [0, 0.05) is 24.5 Å². The predicted octanol–water partition coefficient (Wildman–Crippen LogP) is 2.12. The minimum absolute atomic E-state index is 0.831. The van der Waals surface area contributed by atoms with Crippen LogP contribution >= 0.6 is 0 Å². The van der Waals surface area contributed by atoms with Crippen LogP contribution in [0.5, 0.6) is 0 Å². The van der Waals surface area contributed by atoms with Gasteiger partial charge in [-0.15, -0.1) is 0 Å². The van der Waals surface area contributed by atoms with Crippen molar-refractivity contribution in [1.29, 1.82) is 0 Å². The van der Waals surface area contributed by atoms with E-state index in [1.165, 1.54) is 25.2 Å². The largest absolute Gasteiger partial charge is 0.399 e. The van der Waals surface area contributed by atoms with E-state index in [2.05, 4.69) is 24.0 Å². The fourth-order valence-corrected chi connectivity index (χ4v) is 1.85. The van der Waals surface area contributed by atoms with E-state index < -0.39 is 0 Å². The maximum Gasteiger partial charge on any atom is 0.0367 e. The molecule has 0 bridgehead atoms. The van der Waals surface area contributed by atoms with Crippen molar-refractivity contribution in [2.45, 2.75) is 13.3 Å². The topological polar surface area (TPSA) is 29.3 Å². The summed E-state index contributed by atoms with van der Waals surface area (Å²) in [4.78, 5) is 2.42. The third-order valence-corrected chi connectivity index (χ3v) is 2.68. The highest BCUT2D eigenvalue weighted by atomic mass is 15.1. The number of anilines is 2. The van der Waals surface area contributed by atoms with Gasteiger partial charge in [-0.25, -0.2) is 0 Å². The normalized spacial score (nSPS) is 22.2. The quantitative estimate of drug-likeness (QED) is 0.664. The van der Waals surface area contributed by atoms with Crippen LogP contribution in [0.1, 0.15) is 13.3 Å². The van der Waals surface area contributed by atoms with E-state index in [0.717, 1.165) is 11.6 Å². The lowest BCUT2D eigenvalue weighted by Crippen LogP contribution is -2.18. The molecular weight excluding hydrogens is 160 g/mol. The Bertz CT molecular complexity index is 279. The maximum atomic E-state index is 5.63. The molecule has 1 aromatic rings. The number of hydrogen-bond acceptors (Lipinski definition) is 2. The molecule has 1 atom stereocenters. The number of nitrogens with two attached hydrogens (primary N) is 1. The number of nitrogens with zero attached hydrogens (tertiary/aromatic N) is 1. The van der Waals surface area contributed by atoms with Gasteiger partial charge < -0.3 is 10.6 Å². The van der Waals surface area contributed by atoms with Crippen LogP contribution in [-0.2, 0) is 0 Å². The zero-order valence-electron chi connectivity index (χ0n) is 8.03. The maximum absolute atomic E-state index is 5.63. The minimum Gasteiger partial charge on any atom is -0.399 e. The van der Waals surface area contributed by atoms with E-state index in [4.69, 9.17) is 5.73 Å². The SMILES string of the molecule is CC1CCN(c2ccc(N)cc2)C1. The van der Waals surface area contributed by atoms with Crippen molar-refractivity contribution in [3.8, 4) is 0 Å². The average Bonchev–Trinajstić information content (AvgIpc) is 2.53. The Morgan fingerprint density at radius 3 is 2.54 bits per heavy atom. The van der Waals surface area contributed by atoms with Crippen molar-refractivity contribution >= 4 is 11.4 Å². The summed E-state index contributed by atoms with van der Waals surface area (Å²) in [5.74, 6) is 0.831. The van der Waals surface area contributed by atoms with Gasteiger partial charge in [0.05, 0.1) is 0 Å². The summed E-state index contributed by atoms with van der Waals surface area (Å²) < 4.78 is 0. The van der Waals surface area contributed by atoms with Gasteiger partial charge in [-0.1, -0.05) is 6.92 Å². The van der Waals surface area contributed by atoms with E-state index in [-0.39, 0.29) is 0 Å². The Hall–Kier alpha value is -1.18. The summed E-state index contributed by atoms with van der Waals surface area (Å²) >= 11 is 0. The molecule has 2 nitrogen and oxygen atoms in total. The Balaban J connectivity index is 2.13. The molecule has 0 aliphatic carbocycles. The van der Waals surface area contributed by atoms with Crippen LogP contribution in [-0.4, -0.2) is 13.1 Å². The third kappa shape index (κ3) is 1.77. The van der Waals surface area contributed by atoms with E-state index in [1.54, 1.807) is 0 Å². The smallest absolute Gasteiger partial charge is 0.0367 e. The summed E-state index contributed by atoms with van der Waals surface area (Å²) in [7, 11) is 0. The van der Waals surface area contributed by atoms with Crippen LogP contribution in [0.15, 0.2) is 24.3 Å². The molecule has 1 saturated heterocycles. The first kappa shape index (κ1) is 8.42. The van der Waals surface area contributed by atoms with Crippen molar-refractivity contribution in [3.63, 3.8) is 0 Å². The van der Waals surface area contributed by atoms with Gasteiger partial charge in [-0.3, -0.25) is 0 Å². The second-order valence-electron chi connectivity index (χ2n) is 3.93. The Labute approximate surface area is 79.4 Å². The number of benzene rings is 1. The minimum atomic E-state index is 0.831. The Kier molecular flexibility index (Phi) is 2.13. The first-order valence-corrected chi connectivity index (χ1v) is 4.86. The molecule has 2 heteroatoms. The molecule has 0 radical (unpaired) electrons. The molecule has 1 unspecified atom stereocenters. The molecule has 1 fully saturated rings. The molecule has 1 aromatic carbocycles. The summed E-state index contributed by atoms with van der Waals surface area (Å²) in [5, 5.41) is 0. The van der Waals surface area contributed by atoms with Crippen molar-refractivity contribution in [1.82, 2.24) is 0 Å². The second kappa shape index (κ2) is 3.29. The van der Waals surface area contributed by atoms with E-state index in [9.17, 15) is 0 Å². The van der Waals surface area contributed by atoms with Gasteiger partial charge in [0.1, 0.15) is 0 Å². The van der Waals surface area contributed by atoms with E-state index in [1.807, 2.05) is 12.1 Å². The average molecular weight is 176 g/mol. The van der Waals surface area contributed by atoms with Gasteiger partial charge >= 0.3 is 0 Å². The third-order valence-electron chi connectivity index (χ3n) is 2.68. The van der Waals surface area contributed by atoms with Crippen molar-refractivity contribution in [2.24, 2.45) is 5.92 Å². The molecular formula is C11H16N2. The lowest BCUT2D eigenvalue weighted by Gasteiger charge is -2.17. The number of nitrogen functional groups attached to an aromatic ring is 1. The Morgan fingerprint density at radius 1 is 1.31 bits per heavy atom. The molecule has 0 spiro atoms. The van der Waals surface area contributed by atoms with Crippen molar-refractivity contribution in [2.75, 3.05) is 23.7 Å². The zero-order chi connectivity index (χ0) is 9.26. The molecule has 0 aromatic heterocycles. The standard InChI is InChI=1S/C11H16N2/c1-9-6-7-13(8-9)11-4-2-10(12)3-5-11/h2-5,9H,6-8,12H2,1H3. The highest BCUT2D eigenvalue weighted by molar-refractivity contribution is 5.53. The lowest BCUT2D eigenvalue weighted by molar-refractivity contribution is 0.659. The van der Waals surface area contributed by atoms with Gasteiger partial charge in [0.25, 0.3) is 0 Å². The van der Waals surface area contributed by atoms with Gasteiger partial charge in [-0.05, 0) is 36.6 Å². The van der Waals surface area contributed by atoms with Gasteiger partial charge in [0.15, 0.2) is 0 Å². The molecule has 1 aliphatic heterocycles. The van der Waals surface area contributed by atoms with Gasteiger partial charge in [0.2, 0.25) is 0 Å². The first-order chi connectivity index (χ1) is 6.25. The van der Waals surface area contributed by atoms with Crippen LogP contribution in [0, 0.1) is 5.92 Å². The molecule has 0 amide bonds.